The Bertz CT molecular complexity index is 3060. The van der Waals surface area contributed by atoms with E-state index in [2.05, 4.69) is 248 Å². The van der Waals surface area contributed by atoms with Gasteiger partial charge in [0.1, 0.15) is 0 Å². The number of nitrogens with zero attached hydrogens (tertiary/aromatic N) is 1. The average Bonchev–Trinajstić information content (AvgIpc) is 3.81. The zero-order chi connectivity index (χ0) is 40.9. The molecule has 0 atom stereocenters. The molecule has 2 nitrogen and oxygen atoms in total. The molecule has 1 aliphatic rings. The van der Waals surface area contributed by atoms with E-state index >= 15 is 0 Å². The second-order valence-electron chi connectivity index (χ2n) is 16.6. The van der Waals surface area contributed by atoms with E-state index in [-0.39, 0.29) is 5.41 Å². The summed E-state index contributed by atoms with van der Waals surface area (Å²) in [6, 6.07) is 81.5. The van der Waals surface area contributed by atoms with Crippen LogP contribution in [0.4, 0.5) is 17.1 Å². The van der Waals surface area contributed by atoms with Crippen LogP contribution in [-0.4, -0.2) is 4.98 Å². The summed E-state index contributed by atoms with van der Waals surface area (Å²) in [5.41, 5.74) is 21.7. The fourth-order valence-corrected chi connectivity index (χ4v) is 9.45. The van der Waals surface area contributed by atoms with Crippen LogP contribution in [0, 0.1) is 0 Å². The van der Waals surface area contributed by atoms with Crippen molar-refractivity contribution < 1.29 is 0 Å². The molecule has 0 fully saturated rings. The predicted molar refractivity (Wildman–Crippen MR) is 258 cm³/mol. The van der Waals surface area contributed by atoms with E-state index in [1.54, 1.807) is 0 Å². The largest absolute Gasteiger partial charge is 0.354 e. The maximum Gasteiger partial charge on any atom is 0.0544 e. The summed E-state index contributed by atoms with van der Waals surface area (Å²) >= 11 is 0. The molecule has 290 valence electrons. The quantitative estimate of drug-likeness (QED) is 0.163. The summed E-state index contributed by atoms with van der Waals surface area (Å²) in [7, 11) is 0. The van der Waals surface area contributed by atoms with Crippen molar-refractivity contribution in [2.75, 3.05) is 4.90 Å². The summed E-state index contributed by atoms with van der Waals surface area (Å²) < 4.78 is 0. The fraction of sp³-hybridized carbons (Fsp3) is 0.0508. The second-order valence-corrected chi connectivity index (χ2v) is 16.6. The minimum Gasteiger partial charge on any atom is -0.354 e. The molecule has 0 aliphatic heterocycles. The monoisotopic (exact) mass is 780 g/mol. The molecule has 11 rings (SSSR count). The van der Waals surface area contributed by atoms with Crippen LogP contribution < -0.4 is 4.90 Å². The van der Waals surface area contributed by atoms with Gasteiger partial charge in [-0.25, -0.2) is 0 Å². The number of benzene rings is 9. The molecule has 10 aromatic rings. The summed E-state index contributed by atoms with van der Waals surface area (Å²) in [5.74, 6) is 0. The number of nitrogens with one attached hydrogen (secondary N) is 1. The third kappa shape index (κ3) is 6.45. The maximum atomic E-state index is 3.86. The van der Waals surface area contributed by atoms with Crippen molar-refractivity contribution in [3.05, 3.63) is 236 Å². The molecule has 1 heterocycles. The smallest absolute Gasteiger partial charge is 0.0544 e. The molecule has 0 bridgehead atoms. The van der Waals surface area contributed by atoms with E-state index in [4.69, 9.17) is 0 Å². The van der Waals surface area contributed by atoms with Crippen molar-refractivity contribution >= 4 is 28.0 Å². The van der Waals surface area contributed by atoms with Gasteiger partial charge < -0.3 is 9.88 Å². The van der Waals surface area contributed by atoms with Gasteiger partial charge in [0.15, 0.2) is 0 Å². The zero-order valence-electron chi connectivity index (χ0n) is 34.3. The first-order chi connectivity index (χ1) is 30.0. The summed E-state index contributed by atoms with van der Waals surface area (Å²) in [6.45, 7) is 4.75. The summed E-state index contributed by atoms with van der Waals surface area (Å²) in [6.07, 6.45) is 0. The van der Waals surface area contributed by atoms with Crippen LogP contribution in [0.25, 0.3) is 77.8 Å². The van der Waals surface area contributed by atoms with Gasteiger partial charge in [-0.1, -0.05) is 184 Å². The molecule has 0 unspecified atom stereocenters. The molecule has 1 aromatic heterocycles. The van der Waals surface area contributed by atoms with Gasteiger partial charge in [0.05, 0.1) is 5.69 Å². The SMILES string of the molecule is CC1(C)c2cc(-c3ccc(N(c4ccc(-c5ccccc5)cc4)c4ccc(-c5ccccc5)cc4)cc3)ccc2-c2cc3c(-c4ccccc4)c(-c4ccccc4)[nH]c3cc21. The number of hydrogen-bond acceptors (Lipinski definition) is 1. The number of aromatic nitrogens is 1. The van der Waals surface area contributed by atoms with Gasteiger partial charge in [-0.3, -0.25) is 0 Å². The normalized spacial score (nSPS) is 12.6. The van der Waals surface area contributed by atoms with E-state index in [1.807, 2.05) is 0 Å². The Morgan fingerprint density at radius 2 is 0.738 bits per heavy atom. The van der Waals surface area contributed by atoms with E-state index in [1.165, 1.54) is 83.2 Å². The molecule has 0 saturated heterocycles. The topological polar surface area (TPSA) is 19.0 Å². The Kier molecular flexibility index (Phi) is 8.86. The average molecular weight is 781 g/mol. The summed E-state index contributed by atoms with van der Waals surface area (Å²) in [4.78, 5) is 6.22. The van der Waals surface area contributed by atoms with Crippen molar-refractivity contribution in [1.29, 1.82) is 0 Å². The van der Waals surface area contributed by atoms with Crippen molar-refractivity contribution in [3.8, 4) is 66.9 Å². The van der Waals surface area contributed by atoms with Gasteiger partial charge in [0.2, 0.25) is 0 Å². The van der Waals surface area contributed by atoms with Crippen LogP contribution in [0.3, 0.4) is 0 Å². The van der Waals surface area contributed by atoms with Crippen LogP contribution >= 0.6 is 0 Å². The highest BCUT2D eigenvalue weighted by atomic mass is 15.1. The molecule has 9 aromatic carbocycles. The fourth-order valence-electron chi connectivity index (χ4n) is 9.45. The standard InChI is InChI=1S/C59H44N2/c1-59(2)54-37-47(29-36-51(54)52-38-53-56(39-55(52)59)60-58(46-21-13-6-14-22-46)57(53)45-19-11-5-12-20-45)44-27-34-50(35-28-44)61(48-30-23-42(24-31-48)40-15-7-3-8-16-40)49-32-25-43(26-33-49)41-17-9-4-10-18-41/h3-39,60H,1-2H3. The van der Waals surface area contributed by atoms with Crippen LogP contribution in [0.2, 0.25) is 0 Å². The Balaban J connectivity index is 0.957. The van der Waals surface area contributed by atoms with Crippen molar-refractivity contribution in [2.24, 2.45) is 0 Å². The molecule has 1 N–H and O–H groups in total. The Morgan fingerprint density at radius 1 is 0.344 bits per heavy atom. The van der Waals surface area contributed by atoms with E-state index in [9.17, 15) is 0 Å². The van der Waals surface area contributed by atoms with E-state index < -0.39 is 0 Å². The molecule has 1 aliphatic carbocycles. The molecule has 2 heteroatoms. The van der Waals surface area contributed by atoms with Gasteiger partial charge in [-0.15, -0.1) is 0 Å². The molecule has 0 radical (unpaired) electrons. The molecule has 0 spiro atoms. The summed E-state index contributed by atoms with van der Waals surface area (Å²) in [5, 5.41) is 1.25. The number of aromatic amines is 1. The maximum absolute atomic E-state index is 3.86. The first-order valence-corrected chi connectivity index (χ1v) is 21.2. The second kappa shape index (κ2) is 14.9. The molecule has 0 amide bonds. The van der Waals surface area contributed by atoms with Crippen LogP contribution in [0.1, 0.15) is 25.0 Å². The first-order valence-electron chi connectivity index (χ1n) is 21.2. The minimum absolute atomic E-state index is 0.172. The van der Waals surface area contributed by atoms with E-state index in [0.29, 0.717) is 0 Å². The lowest BCUT2D eigenvalue weighted by Crippen LogP contribution is -2.15. The predicted octanol–water partition coefficient (Wildman–Crippen LogP) is 16.3. The molecular weight excluding hydrogens is 737 g/mol. The highest BCUT2D eigenvalue weighted by molar-refractivity contribution is 6.07. The highest BCUT2D eigenvalue weighted by Gasteiger charge is 2.36. The number of H-pyrrole nitrogens is 1. The first kappa shape index (κ1) is 36.4. The lowest BCUT2D eigenvalue weighted by atomic mass is 9.81. The minimum atomic E-state index is -0.172. The van der Waals surface area contributed by atoms with E-state index in [0.717, 1.165) is 22.8 Å². The number of fused-ring (bicyclic) bond motifs is 4. The number of hydrogen-bond donors (Lipinski definition) is 1. The van der Waals surface area contributed by atoms with Crippen molar-refractivity contribution in [2.45, 2.75) is 19.3 Å². The van der Waals surface area contributed by atoms with Gasteiger partial charge >= 0.3 is 0 Å². The third-order valence-corrected chi connectivity index (χ3v) is 12.6. The van der Waals surface area contributed by atoms with Gasteiger partial charge in [-0.05, 0) is 121 Å². The molecular formula is C59H44N2. The van der Waals surface area contributed by atoms with Gasteiger partial charge in [0.25, 0.3) is 0 Å². The Morgan fingerprint density at radius 3 is 1.23 bits per heavy atom. The molecule has 61 heavy (non-hydrogen) atoms. The Hall–Kier alpha value is -7.68. The third-order valence-electron chi connectivity index (χ3n) is 12.6. The van der Waals surface area contributed by atoms with Gasteiger partial charge in [-0.2, -0.15) is 0 Å². The lowest BCUT2D eigenvalue weighted by molar-refractivity contribution is 0.661. The Labute approximate surface area is 358 Å². The molecule has 0 saturated carbocycles. The van der Waals surface area contributed by atoms with Crippen molar-refractivity contribution in [3.63, 3.8) is 0 Å². The van der Waals surface area contributed by atoms with Crippen molar-refractivity contribution in [1.82, 2.24) is 4.98 Å². The number of rotatable bonds is 8. The van der Waals surface area contributed by atoms with Crippen LogP contribution in [0.15, 0.2) is 224 Å². The van der Waals surface area contributed by atoms with Gasteiger partial charge in [0, 0.05) is 38.9 Å². The lowest BCUT2D eigenvalue weighted by Gasteiger charge is -2.26. The highest BCUT2D eigenvalue weighted by Crippen LogP contribution is 2.52. The zero-order valence-corrected chi connectivity index (χ0v) is 34.3. The number of anilines is 3. The van der Waals surface area contributed by atoms with Crippen LogP contribution in [0.5, 0.6) is 0 Å². The van der Waals surface area contributed by atoms with Crippen LogP contribution in [-0.2, 0) is 5.41 Å².